The molecular formula is C13H18F3N3OS. The van der Waals surface area contributed by atoms with E-state index in [-0.39, 0.29) is 23.9 Å². The van der Waals surface area contributed by atoms with E-state index in [9.17, 15) is 18.0 Å². The first-order chi connectivity index (χ1) is 9.79. The maximum Gasteiger partial charge on any atom is 0.392 e. The van der Waals surface area contributed by atoms with Crippen molar-refractivity contribution < 1.29 is 18.0 Å². The van der Waals surface area contributed by atoms with Gasteiger partial charge in [-0.15, -0.1) is 10.2 Å². The van der Waals surface area contributed by atoms with Crippen molar-refractivity contribution in [1.29, 1.82) is 0 Å². The molecule has 21 heavy (non-hydrogen) atoms. The summed E-state index contributed by atoms with van der Waals surface area (Å²) in [4.78, 5) is 12.1. The molecule has 2 atom stereocenters. The molecule has 8 heteroatoms. The van der Waals surface area contributed by atoms with Gasteiger partial charge in [-0.3, -0.25) is 4.79 Å². The third-order valence-corrected chi connectivity index (χ3v) is 4.83. The van der Waals surface area contributed by atoms with Gasteiger partial charge in [-0.25, -0.2) is 0 Å². The fourth-order valence-electron chi connectivity index (χ4n) is 2.55. The third kappa shape index (κ3) is 3.93. The highest BCUT2D eigenvalue weighted by molar-refractivity contribution is 7.15. The second-order valence-corrected chi connectivity index (χ2v) is 6.64. The number of halogens is 3. The van der Waals surface area contributed by atoms with E-state index in [0.717, 1.165) is 5.01 Å². The quantitative estimate of drug-likeness (QED) is 0.916. The molecule has 1 aliphatic rings. The summed E-state index contributed by atoms with van der Waals surface area (Å²) in [6.07, 6.45) is -2.87. The van der Waals surface area contributed by atoms with Crippen molar-refractivity contribution in [2.24, 2.45) is 11.8 Å². The largest absolute Gasteiger partial charge is 0.392 e. The zero-order chi connectivity index (χ0) is 15.6. The predicted molar refractivity (Wildman–Crippen MR) is 74.1 cm³/mol. The zero-order valence-electron chi connectivity index (χ0n) is 11.9. The van der Waals surface area contributed by atoms with E-state index in [1.807, 2.05) is 13.8 Å². The minimum absolute atomic E-state index is 0.0228. The average molecular weight is 321 g/mol. The number of anilines is 1. The summed E-state index contributed by atoms with van der Waals surface area (Å²) in [7, 11) is 0. The number of hydrogen-bond donors (Lipinski definition) is 1. The van der Waals surface area contributed by atoms with E-state index < -0.39 is 23.9 Å². The van der Waals surface area contributed by atoms with E-state index >= 15 is 0 Å². The normalized spacial score (nSPS) is 23.3. The van der Waals surface area contributed by atoms with Gasteiger partial charge < -0.3 is 5.32 Å². The Labute approximate surface area is 125 Å². The Morgan fingerprint density at radius 1 is 1.29 bits per heavy atom. The maximum atomic E-state index is 13.0. The van der Waals surface area contributed by atoms with Crippen LogP contribution in [-0.4, -0.2) is 22.3 Å². The van der Waals surface area contributed by atoms with Gasteiger partial charge in [0.1, 0.15) is 5.01 Å². The molecule has 0 unspecified atom stereocenters. The summed E-state index contributed by atoms with van der Waals surface area (Å²) >= 11 is 1.21. The molecule has 0 spiro atoms. The maximum absolute atomic E-state index is 13.0. The van der Waals surface area contributed by atoms with Gasteiger partial charge in [0.25, 0.3) is 0 Å². The lowest BCUT2D eigenvalue weighted by atomic mass is 9.78. The van der Waals surface area contributed by atoms with Crippen molar-refractivity contribution in [2.45, 2.75) is 51.6 Å². The number of nitrogens with zero attached hydrogens (tertiary/aromatic N) is 2. The minimum Gasteiger partial charge on any atom is -0.300 e. The van der Waals surface area contributed by atoms with Crippen LogP contribution < -0.4 is 5.32 Å². The Morgan fingerprint density at radius 2 is 1.95 bits per heavy atom. The summed E-state index contributed by atoms with van der Waals surface area (Å²) in [6, 6.07) is 0. The van der Waals surface area contributed by atoms with Gasteiger partial charge in [0.05, 0.1) is 5.92 Å². The Kier molecular flexibility index (Phi) is 4.85. The number of aromatic nitrogens is 2. The number of nitrogens with one attached hydrogen (secondary N) is 1. The van der Waals surface area contributed by atoms with Crippen molar-refractivity contribution in [2.75, 3.05) is 5.32 Å². The monoisotopic (exact) mass is 321 g/mol. The van der Waals surface area contributed by atoms with E-state index in [1.54, 1.807) is 0 Å². The standard InChI is InChI=1S/C13H18F3N3OS/c1-7(2)11-18-19-12(21-11)17-10(20)8-5-3-4-6-9(8)13(14,15)16/h7-9H,3-6H2,1-2H3,(H,17,19,20)/t8-,9-/m0/s1. The second kappa shape index (κ2) is 6.29. The summed E-state index contributed by atoms with van der Waals surface area (Å²) in [5, 5.41) is 11.2. The molecule has 1 aromatic heterocycles. The zero-order valence-corrected chi connectivity index (χ0v) is 12.7. The van der Waals surface area contributed by atoms with Crippen LogP contribution in [0.1, 0.15) is 50.5 Å². The summed E-state index contributed by atoms with van der Waals surface area (Å²) in [6.45, 7) is 3.87. The molecule has 2 rings (SSSR count). The lowest BCUT2D eigenvalue weighted by Gasteiger charge is -2.31. The molecule has 1 aliphatic carbocycles. The molecule has 1 saturated carbocycles. The molecule has 1 fully saturated rings. The molecule has 1 N–H and O–H groups in total. The Bertz CT molecular complexity index is 501. The van der Waals surface area contributed by atoms with Gasteiger partial charge in [0, 0.05) is 11.8 Å². The molecule has 0 aromatic carbocycles. The second-order valence-electron chi connectivity index (χ2n) is 5.63. The molecule has 0 saturated heterocycles. The Morgan fingerprint density at radius 3 is 2.52 bits per heavy atom. The van der Waals surface area contributed by atoms with Crippen LogP contribution >= 0.6 is 11.3 Å². The Balaban J connectivity index is 2.06. The van der Waals surface area contributed by atoms with E-state index in [4.69, 9.17) is 0 Å². The summed E-state index contributed by atoms with van der Waals surface area (Å²) in [5.74, 6) is -3.00. The van der Waals surface area contributed by atoms with Gasteiger partial charge >= 0.3 is 6.18 Å². The molecule has 4 nitrogen and oxygen atoms in total. The summed E-state index contributed by atoms with van der Waals surface area (Å²) in [5.41, 5.74) is 0. The predicted octanol–water partition coefficient (Wildman–Crippen LogP) is 3.97. The van der Waals surface area contributed by atoms with Crippen molar-refractivity contribution in [1.82, 2.24) is 10.2 Å². The van der Waals surface area contributed by atoms with Crippen LogP contribution in [0.2, 0.25) is 0 Å². The van der Waals surface area contributed by atoms with Crippen molar-refractivity contribution in [3.05, 3.63) is 5.01 Å². The molecule has 118 valence electrons. The van der Waals surface area contributed by atoms with Crippen LogP contribution in [-0.2, 0) is 4.79 Å². The van der Waals surface area contributed by atoms with Gasteiger partial charge in [0.2, 0.25) is 11.0 Å². The molecule has 0 aliphatic heterocycles. The highest BCUT2D eigenvalue weighted by Gasteiger charge is 2.48. The first kappa shape index (κ1) is 16.2. The molecule has 0 bridgehead atoms. The van der Waals surface area contributed by atoms with Gasteiger partial charge in [-0.2, -0.15) is 13.2 Å². The minimum atomic E-state index is -4.33. The number of carbonyl (C=O) groups excluding carboxylic acids is 1. The van der Waals surface area contributed by atoms with E-state index in [2.05, 4.69) is 15.5 Å². The lowest BCUT2D eigenvalue weighted by molar-refractivity contribution is -0.197. The summed E-state index contributed by atoms with van der Waals surface area (Å²) < 4.78 is 39.0. The average Bonchev–Trinajstić information content (AvgIpc) is 2.86. The fourth-order valence-corrected chi connectivity index (χ4v) is 3.30. The van der Waals surface area contributed by atoms with Crippen LogP contribution in [0.25, 0.3) is 0 Å². The number of hydrogen-bond acceptors (Lipinski definition) is 4. The third-order valence-electron chi connectivity index (χ3n) is 3.69. The highest BCUT2D eigenvalue weighted by atomic mass is 32.1. The SMILES string of the molecule is CC(C)c1nnc(NC(=O)[C@H]2CCCC[C@@H]2C(F)(F)F)s1. The first-order valence-electron chi connectivity index (χ1n) is 7.00. The van der Waals surface area contributed by atoms with E-state index in [1.165, 1.54) is 11.3 Å². The van der Waals surface area contributed by atoms with Crippen LogP contribution in [0.15, 0.2) is 0 Å². The smallest absolute Gasteiger partial charge is 0.300 e. The van der Waals surface area contributed by atoms with Crippen molar-refractivity contribution >= 4 is 22.4 Å². The van der Waals surface area contributed by atoms with Crippen LogP contribution in [0.5, 0.6) is 0 Å². The van der Waals surface area contributed by atoms with Gasteiger partial charge in [-0.05, 0) is 12.8 Å². The topological polar surface area (TPSA) is 54.9 Å². The number of amides is 1. The van der Waals surface area contributed by atoms with Gasteiger partial charge in [0.15, 0.2) is 0 Å². The lowest BCUT2D eigenvalue weighted by Crippen LogP contribution is -2.39. The molecule has 1 amide bonds. The van der Waals surface area contributed by atoms with Gasteiger partial charge in [-0.1, -0.05) is 38.0 Å². The molecule has 1 heterocycles. The molecule has 1 aromatic rings. The first-order valence-corrected chi connectivity index (χ1v) is 7.81. The highest BCUT2D eigenvalue weighted by Crippen LogP contribution is 2.42. The Hall–Kier alpha value is -1.18. The molecular weight excluding hydrogens is 303 g/mol. The van der Waals surface area contributed by atoms with E-state index in [0.29, 0.717) is 12.8 Å². The fraction of sp³-hybridized carbons (Fsp3) is 0.769. The van der Waals surface area contributed by atoms with Crippen LogP contribution in [0.4, 0.5) is 18.3 Å². The number of alkyl halides is 3. The van der Waals surface area contributed by atoms with Crippen molar-refractivity contribution in [3.8, 4) is 0 Å². The van der Waals surface area contributed by atoms with Crippen molar-refractivity contribution in [3.63, 3.8) is 0 Å². The van der Waals surface area contributed by atoms with Crippen LogP contribution in [0.3, 0.4) is 0 Å². The number of carbonyl (C=O) groups is 1. The van der Waals surface area contributed by atoms with Crippen LogP contribution in [0, 0.1) is 11.8 Å². The molecule has 0 radical (unpaired) electrons. The number of rotatable bonds is 3.